The zero-order valence-corrected chi connectivity index (χ0v) is 14.6. The van der Waals surface area contributed by atoms with Gasteiger partial charge in [0.25, 0.3) is 0 Å². The van der Waals surface area contributed by atoms with E-state index < -0.39 is 0 Å². The van der Waals surface area contributed by atoms with Crippen LogP contribution in [0.4, 0.5) is 5.69 Å². The van der Waals surface area contributed by atoms with E-state index in [1.54, 1.807) is 7.11 Å². The van der Waals surface area contributed by atoms with Crippen LogP contribution in [-0.4, -0.2) is 24.8 Å². The van der Waals surface area contributed by atoms with Crippen molar-refractivity contribution in [1.82, 2.24) is 4.57 Å². The first-order valence-corrected chi connectivity index (χ1v) is 8.52. The van der Waals surface area contributed by atoms with Crippen molar-refractivity contribution >= 4 is 5.69 Å². The van der Waals surface area contributed by atoms with Crippen LogP contribution in [0.2, 0.25) is 0 Å². The van der Waals surface area contributed by atoms with E-state index in [1.807, 2.05) is 12.1 Å². The van der Waals surface area contributed by atoms with Crippen molar-refractivity contribution < 1.29 is 9.47 Å². The van der Waals surface area contributed by atoms with Crippen molar-refractivity contribution in [1.29, 1.82) is 0 Å². The van der Waals surface area contributed by atoms with Gasteiger partial charge in [0.05, 0.1) is 13.7 Å². The summed E-state index contributed by atoms with van der Waals surface area (Å²) >= 11 is 0. The van der Waals surface area contributed by atoms with Gasteiger partial charge in [-0.15, -0.1) is 0 Å². The van der Waals surface area contributed by atoms with Crippen LogP contribution in [0, 0.1) is 6.92 Å². The van der Waals surface area contributed by atoms with E-state index in [4.69, 9.17) is 9.47 Å². The molecule has 4 rings (SSSR count). The number of hydrogen-bond donors (Lipinski definition) is 0. The molecule has 0 amide bonds. The quantitative estimate of drug-likeness (QED) is 0.710. The fraction of sp³-hybridized carbons (Fsp3) is 0.238. The Morgan fingerprint density at radius 2 is 1.88 bits per heavy atom. The van der Waals surface area contributed by atoms with Crippen LogP contribution in [0.25, 0.3) is 5.69 Å². The molecular formula is C21H22N2O2. The van der Waals surface area contributed by atoms with Crippen LogP contribution >= 0.6 is 0 Å². The first-order chi connectivity index (χ1) is 12.2. The van der Waals surface area contributed by atoms with Gasteiger partial charge in [0.15, 0.2) is 6.23 Å². The predicted octanol–water partition coefficient (Wildman–Crippen LogP) is 4.33. The third kappa shape index (κ3) is 3.13. The fourth-order valence-corrected chi connectivity index (χ4v) is 3.29. The van der Waals surface area contributed by atoms with Gasteiger partial charge >= 0.3 is 0 Å². The van der Waals surface area contributed by atoms with Crippen molar-refractivity contribution in [2.45, 2.75) is 13.2 Å². The first-order valence-electron chi connectivity index (χ1n) is 8.52. The minimum atomic E-state index is -0.0405. The number of nitrogens with zero attached hydrogens (tertiary/aromatic N) is 2. The lowest BCUT2D eigenvalue weighted by Gasteiger charge is -2.25. The minimum absolute atomic E-state index is 0.0405. The second-order valence-corrected chi connectivity index (χ2v) is 6.31. The van der Waals surface area contributed by atoms with Gasteiger partial charge in [-0.1, -0.05) is 12.1 Å². The highest BCUT2D eigenvalue weighted by molar-refractivity contribution is 5.51. The summed E-state index contributed by atoms with van der Waals surface area (Å²) in [6, 6.07) is 18.8. The Kier molecular flexibility index (Phi) is 4.20. The third-order valence-electron chi connectivity index (χ3n) is 4.60. The van der Waals surface area contributed by atoms with Gasteiger partial charge in [-0.3, -0.25) is 0 Å². The van der Waals surface area contributed by atoms with Crippen molar-refractivity contribution in [2.75, 3.05) is 25.2 Å². The summed E-state index contributed by atoms with van der Waals surface area (Å²) in [4.78, 5) is 2.32. The average Bonchev–Trinajstić information content (AvgIpc) is 3.31. The Bertz CT molecular complexity index is 854. The molecule has 4 heteroatoms. The molecule has 1 aliphatic heterocycles. The minimum Gasteiger partial charge on any atom is -0.497 e. The molecule has 0 aliphatic carbocycles. The molecule has 0 saturated carbocycles. The van der Waals surface area contributed by atoms with E-state index in [-0.39, 0.29) is 6.23 Å². The van der Waals surface area contributed by atoms with Gasteiger partial charge in [0.1, 0.15) is 5.75 Å². The van der Waals surface area contributed by atoms with E-state index in [0.717, 1.165) is 30.2 Å². The molecule has 1 saturated heterocycles. The predicted molar refractivity (Wildman–Crippen MR) is 99.5 cm³/mol. The highest BCUT2D eigenvalue weighted by atomic mass is 16.5. The van der Waals surface area contributed by atoms with Crippen LogP contribution in [0.3, 0.4) is 0 Å². The van der Waals surface area contributed by atoms with E-state index in [9.17, 15) is 0 Å². The molecule has 0 unspecified atom stereocenters. The Labute approximate surface area is 148 Å². The fourth-order valence-electron chi connectivity index (χ4n) is 3.29. The van der Waals surface area contributed by atoms with Crippen LogP contribution in [0.1, 0.15) is 17.4 Å². The smallest absolute Gasteiger partial charge is 0.158 e. The molecule has 1 atom stereocenters. The second-order valence-electron chi connectivity index (χ2n) is 6.31. The van der Waals surface area contributed by atoms with Gasteiger partial charge in [-0.2, -0.15) is 0 Å². The highest BCUT2D eigenvalue weighted by Crippen LogP contribution is 2.33. The number of aryl methyl sites for hydroxylation is 1. The zero-order chi connectivity index (χ0) is 17.2. The summed E-state index contributed by atoms with van der Waals surface area (Å²) in [5, 5.41) is 0. The summed E-state index contributed by atoms with van der Waals surface area (Å²) in [5.41, 5.74) is 4.74. The molecule has 3 aromatic rings. The lowest BCUT2D eigenvalue weighted by Crippen LogP contribution is -2.23. The number of aromatic nitrogens is 1. The topological polar surface area (TPSA) is 26.6 Å². The molecule has 1 aliphatic rings. The summed E-state index contributed by atoms with van der Waals surface area (Å²) in [7, 11) is 1.68. The van der Waals surface area contributed by atoms with Gasteiger partial charge in [-0.25, -0.2) is 0 Å². The highest BCUT2D eigenvalue weighted by Gasteiger charge is 2.27. The van der Waals surface area contributed by atoms with Crippen LogP contribution < -0.4 is 9.64 Å². The molecule has 2 aromatic carbocycles. The SMILES string of the molecule is COc1ccc(-n2ccc([C@H]3OCCN3c3cccc(C)c3)c2)cc1. The van der Waals surface area contributed by atoms with Gasteiger partial charge < -0.3 is 18.9 Å². The number of methoxy groups -OCH3 is 1. The van der Waals surface area contributed by atoms with Gasteiger partial charge in [0, 0.05) is 35.9 Å². The normalized spacial score (nSPS) is 17.0. The Hall–Kier alpha value is -2.72. The van der Waals surface area contributed by atoms with Crippen LogP contribution in [0.5, 0.6) is 5.75 Å². The van der Waals surface area contributed by atoms with Gasteiger partial charge in [0.2, 0.25) is 0 Å². The summed E-state index contributed by atoms with van der Waals surface area (Å²) in [6.07, 6.45) is 4.18. The first kappa shape index (κ1) is 15.8. The standard InChI is InChI=1S/C21H22N2O2/c1-16-4-3-5-19(14-16)23-12-13-25-21(23)17-10-11-22(15-17)18-6-8-20(24-2)9-7-18/h3-11,14-15,21H,12-13H2,1-2H3/t21-/m1/s1. The van der Waals surface area contributed by atoms with Gasteiger partial charge in [-0.05, 0) is 55.0 Å². The van der Waals surface area contributed by atoms with Crippen molar-refractivity contribution in [2.24, 2.45) is 0 Å². The van der Waals surface area contributed by atoms with Crippen molar-refractivity contribution in [3.63, 3.8) is 0 Å². The average molecular weight is 334 g/mol. The number of anilines is 1. The van der Waals surface area contributed by atoms with E-state index >= 15 is 0 Å². The van der Waals surface area contributed by atoms with Crippen molar-refractivity contribution in [3.05, 3.63) is 78.1 Å². The maximum absolute atomic E-state index is 6.02. The molecule has 0 N–H and O–H groups in total. The Morgan fingerprint density at radius 3 is 2.64 bits per heavy atom. The molecule has 0 radical (unpaired) electrons. The third-order valence-corrected chi connectivity index (χ3v) is 4.60. The van der Waals surface area contributed by atoms with Crippen molar-refractivity contribution in [3.8, 4) is 11.4 Å². The number of ether oxygens (including phenoxy) is 2. The molecule has 25 heavy (non-hydrogen) atoms. The van der Waals surface area contributed by atoms with E-state index in [2.05, 4.69) is 71.2 Å². The monoisotopic (exact) mass is 334 g/mol. The van der Waals surface area contributed by atoms with Crippen LogP contribution in [-0.2, 0) is 4.74 Å². The number of benzene rings is 2. The maximum atomic E-state index is 6.02. The maximum Gasteiger partial charge on any atom is 0.158 e. The second kappa shape index (κ2) is 6.65. The Balaban J connectivity index is 1.60. The summed E-state index contributed by atoms with van der Waals surface area (Å²) < 4.78 is 13.4. The molecule has 0 bridgehead atoms. The van der Waals surface area contributed by atoms with Crippen LogP contribution in [0.15, 0.2) is 67.0 Å². The number of hydrogen-bond acceptors (Lipinski definition) is 3. The lowest BCUT2D eigenvalue weighted by atomic mass is 10.2. The molecule has 1 aromatic heterocycles. The molecular weight excluding hydrogens is 312 g/mol. The molecule has 4 nitrogen and oxygen atoms in total. The number of rotatable bonds is 4. The molecule has 0 spiro atoms. The summed E-state index contributed by atoms with van der Waals surface area (Å²) in [5.74, 6) is 0.862. The zero-order valence-electron chi connectivity index (χ0n) is 14.6. The summed E-state index contributed by atoms with van der Waals surface area (Å²) in [6.45, 7) is 3.77. The lowest BCUT2D eigenvalue weighted by molar-refractivity contribution is 0.114. The Morgan fingerprint density at radius 1 is 1.04 bits per heavy atom. The molecule has 2 heterocycles. The largest absolute Gasteiger partial charge is 0.497 e. The van der Waals surface area contributed by atoms with E-state index in [1.165, 1.54) is 11.3 Å². The molecule has 128 valence electrons. The van der Waals surface area contributed by atoms with E-state index in [0.29, 0.717) is 0 Å². The molecule has 1 fully saturated rings.